The molecule has 0 aliphatic carbocycles. The molecule has 7 atom stereocenters. The van der Waals surface area contributed by atoms with Gasteiger partial charge in [0.2, 0.25) is 20.1 Å². The number of hydrogen-bond donors (Lipinski definition) is 3. The van der Waals surface area contributed by atoms with Crippen LogP contribution in [0.2, 0.25) is 18.1 Å². The van der Waals surface area contributed by atoms with Crippen LogP contribution >= 0.6 is 0 Å². The number of carbonyl (C=O) groups is 4. The molecule has 0 spiro atoms. The average Bonchev–Trinajstić information content (AvgIpc) is 3.23. The summed E-state index contributed by atoms with van der Waals surface area (Å²) in [7, 11) is 2.49. The lowest BCUT2D eigenvalue weighted by atomic mass is 9.88. The van der Waals surface area contributed by atoms with Crippen LogP contribution in [0.25, 0.3) is 0 Å². The van der Waals surface area contributed by atoms with Gasteiger partial charge in [-0.3, -0.25) is 24.2 Å². The van der Waals surface area contributed by atoms with Gasteiger partial charge in [-0.25, -0.2) is 5.43 Å². The maximum atomic E-state index is 14.6. The topological polar surface area (TPSA) is 154 Å². The van der Waals surface area contributed by atoms with Crippen molar-refractivity contribution in [2.45, 2.75) is 115 Å². The van der Waals surface area contributed by atoms with E-state index < -0.39 is 62.2 Å². The SMILES string of the molecule is C=CC=CC(OC)C(C)C(OC)C(C)C(=O)NC(Cc1ccc(OC)cc1)C(=O)NC(Cc1cccc(O[Si](C)(C)C(C)(C)C)c1)C(=O)N1CCCC(C(=O)OCCC=C)N1. The van der Waals surface area contributed by atoms with Crippen LogP contribution in [0.5, 0.6) is 11.5 Å². The zero-order chi connectivity index (χ0) is 45.3. The van der Waals surface area contributed by atoms with Gasteiger partial charge in [-0.15, -0.1) is 6.58 Å². The fourth-order valence-electron chi connectivity index (χ4n) is 6.92. The lowest BCUT2D eigenvalue weighted by molar-refractivity contribution is -0.153. The number of hydrogen-bond acceptors (Lipinski definition) is 10. The summed E-state index contributed by atoms with van der Waals surface area (Å²) in [4.78, 5) is 56.3. The number of ether oxygens (including phenoxy) is 4. The van der Waals surface area contributed by atoms with Gasteiger partial charge in [0, 0.05) is 39.5 Å². The number of esters is 1. The minimum absolute atomic E-state index is 0.0467. The maximum absolute atomic E-state index is 14.6. The second kappa shape index (κ2) is 24.0. The predicted molar refractivity (Wildman–Crippen MR) is 241 cm³/mol. The van der Waals surface area contributed by atoms with Crippen molar-refractivity contribution in [3.05, 3.63) is 97.1 Å². The number of benzene rings is 2. The Kier molecular flexibility index (Phi) is 19.9. The van der Waals surface area contributed by atoms with Gasteiger partial charge in [0.05, 0.1) is 31.8 Å². The van der Waals surface area contributed by atoms with E-state index >= 15 is 0 Å². The second-order valence-corrected chi connectivity index (χ2v) is 21.8. The molecule has 1 fully saturated rings. The Morgan fingerprint density at radius 3 is 2.20 bits per heavy atom. The molecule has 7 unspecified atom stereocenters. The van der Waals surface area contributed by atoms with Crippen LogP contribution < -0.4 is 25.2 Å². The number of nitrogens with one attached hydrogen (secondary N) is 3. The van der Waals surface area contributed by atoms with Gasteiger partial charge in [-0.05, 0) is 72.8 Å². The first-order valence-corrected chi connectivity index (χ1v) is 24.0. The summed E-state index contributed by atoms with van der Waals surface area (Å²) in [6.45, 7) is 22.4. The summed E-state index contributed by atoms with van der Waals surface area (Å²) in [6.07, 6.45) is 7.73. The standard InChI is InChI=1S/C47H70N4O9Si/c1-13-15-22-41(57-9)32(3)42(58-10)33(4)43(52)48-39(30-34-23-25-36(56-8)26-24-34)44(53)49-40(31-35-19-17-20-37(29-35)60-61(11,12)47(5,6)7)45(54)51-27-18-21-38(50-51)46(55)59-28-16-14-2/h13-15,17,19-20,22-26,29,32-33,38-42,50H,1-2,16,18,21,27-28,30-31H2,3-12H3,(H,48,52)(H,49,53). The summed E-state index contributed by atoms with van der Waals surface area (Å²) >= 11 is 0. The Morgan fingerprint density at radius 1 is 0.918 bits per heavy atom. The molecule has 3 rings (SSSR count). The highest BCUT2D eigenvalue weighted by atomic mass is 28.4. The zero-order valence-electron chi connectivity index (χ0n) is 38.0. The largest absolute Gasteiger partial charge is 0.543 e. The first kappa shape index (κ1) is 50.6. The molecule has 0 bridgehead atoms. The third kappa shape index (κ3) is 15.0. The van der Waals surface area contributed by atoms with E-state index in [1.54, 1.807) is 58.6 Å². The Balaban J connectivity index is 2.00. The van der Waals surface area contributed by atoms with E-state index in [2.05, 4.69) is 63.1 Å². The molecule has 336 valence electrons. The molecular formula is C47H70N4O9Si. The molecule has 1 heterocycles. The monoisotopic (exact) mass is 862 g/mol. The van der Waals surface area contributed by atoms with Crippen LogP contribution in [-0.4, -0.2) is 102 Å². The van der Waals surface area contributed by atoms with E-state index in [9.17, 15) is 19.2 Å². The van der Waals surface area contributed by atoms with E-state index in [4.69, 9.17) is 23.4 Å². The predicted octanol–water partition coefficient (Wildman–Crippen LogP) is 6.49. The highest BCUT2D eigenvalue weighted by Crippen LogP contribution is 2.37. The molecule has 13 nitrogen and oxygen atoms in total. The van der Waals surface area contributed by atoms with E-state index in [1.165, 1.54) is 5.01 Å². The molecule has 1 saturated heterocycles. The Morgan fingerprint density at radius 2 is 1.59 bits per heavy atom. The second-order valence-electron chi connectivity index (χ2n) is 17.1. The number of allylic oxidation sites excluding steroid dienone is 2. The molecule has 2 aromatic rings. The molecule has 1 aliphatic rings. The minimum atomic E-state index is -2.21. The highest BCUT2D eigenvalue weighted by Gasteiger charge is 2.40. The molecule has 1 aliphatic heterocycles. The highest BCUT2D eigenvalue weighted by molar-refractivity contribution is 6.74. The molecule has 2 aromatic carbocycles. The summed E-state index contributed by atoms with van der Waals surface area (Å²) in [5.74, 6) is -1.53. The molecule has 61 heavy (non-hydrogen) atoms. The van der Waals surface area contributed by atoms with Gasteiger partial charge in [-0.2, -0.15) is 0 Å². The lowest BCUT2D eigenvalue weighted by Crippen LogP contribution is -2.62. The van der Waals surface area contributed by atoms with Crippen molar-refractivity contribution in [1.82, 2.24) is 21.1 Å². The first-order chi connectivity index (χ1) is 28.9. The van der Waals surface area contributed by atoms with Gasteiger partial charge in [0.15, 0.2) is 0 Å². The van der Waals surface area contributed by atoms with E-state index in [1.807, 2.05) is 49.4 Å². The molecule has 0 saturated carbocycles. The van der Waals surface area contributed by atoms with Gasteiger partial charge < -0.3 is 34.0 Å². The lowest BCUT2D eigenvalue weighted by Gasteiger charge is -2.36. The zero-order valence-corrected chi connectivity index (χ0v) is 39.0. The smallest absolute Gasteiger partial charge is 0.324 e. The number of methoxy groups -OCH3 is 3. The van der Waals surface area contributed by atoms with Gasteiger partial charge in [0.25, 0.3) is 5.91 Å². The van der Waals surface area contributed by atoms with Crippen LogP contribution in [0.15, 0.2) is 86.0 Å². The van der Waals surface area contributed by atoms with Crippen LogP contribution in [0.4, 0.5) is 0 Å². The maximum Gasteiger partial charge on any atom is 0.324 e. The van der Waals surface area contributed by atoms with Crippen molar-refractivity contribution in [3.63, 3.8) is 0 Å². The summed E-state index contributed by atoms with van der Waals surface area (Å²) in [5, 5.41) is 7.33. The normalized spacial score (nSPS) is 17.5. The van der Waals surface area contributed by atoms with E-state index in [0.717, 1.165) is 11.1 Å². The van der Waals surface area contributed by atoms with Crippen LogP contribution in [0.3, 0.4) is 0 Å². The summed E-state index contributed by atoms with van der Waals surface area (Å²) in [6, 6.07) is 11.8. The molecule has 3 amide bonds. The number of hydrazine groups is 1. The molecular weight excluding hydrogens is 793 g/mol. The van der Waals surface area contributed by atoms with E-state index in [0.29, 0.717) is 37.3 Å². The van der Waals surface area contributed by atoms with Crippen molar-refractivity contribution in [1.29, 1.82) is 0 Å². The Hall–Kier alpha value is -4.76. The quantitative estimate of drug-likeness (QED) is 0.0372. The van der Waals surface area contributed by atoms with Crippen molar-refractivity contribution >= 4 is 32.0 Å². The number of carbonyl (C=O) groups excluding carboxylic acids is 4. The van der Waals surface area contributed by atoms with Crippen molar-refractivity contribution in [2.75, 3.05) is 34.5 Å². The van der Waals surface area contributed by atoms with Crippen LogP contribution in [-0.2, 0) is 46.2 Å². The van der Waals surface area contributed by atoms with Gasteiger partial charge >= 0.3 is 5.97 Å². The Labute approximate surface area is 364 Å². The summed E-state index contributed by atoms with van der Waals surface area (Å²) in [5.41, 5.74) is 4.57. The third-order valence-electron chi connectivity index (χ3n) is 11.6. The fraction of sp³-hybridized carbons (Fsp3) is 0.532. The number of rotatable bonds is 23. The van der Waals surface area contributed by atoms with Gasteiger partial charge in [-0.1, -0.05) is 89.8 Å². The first-order valence-electron chi connectivity index (χ1n) is 21.1. The van der Waals surface area contributed by atoms with Gasteiger partial charge in [0.1, 0.15) is 29.6 Å². The van der Waals surface area contributed by atoms with Crippen molar-refractivity contribution in [2.24, 2.45) is 11.8 Å². The third-order valence-corrected chi connectivity index (χ3v) is 15.9. The van der Waals surface area contributed by atoms with Crippen molar-refractivity contribution in [3.8, 4) is 11.5 Å². The van der Waals surface area contributed by atoms with E-state index in [-0.39, 0.29) is 36.5 Å². The molecule has 14 heteroatoms. The number of amides is 3. The Bertz CT molecular complexity index is 1790. The molecule has 0 radical (unpaired) electrons. The fourth-order valence-corrected chi connectivity index (χ4v) is 7.94. The van der Waals surface area contributed by atoms with Crippen molar-refractivity contribution < 1.29 is 42.6 Å². The molecule has 0 aromatic heterocycles. The summed E-state index contributed by atoms with van der Waals surface area (Å²) < 4.78 is 28.9. The van der Waals surface area contributed by atoms with Crippen LogP contribution in [0, 0.1) is 11.8 Å². The molecule has 3 N–H and O–H groups in total. The number of nitrogens with zero attached hydrogens (tertiary/aromatic N) is 1. The van der Waals surface area contributed by atoms with Crippen LogP contribution in [0.1, 0.15) is 65.0 Å². The minimum Gasteiger partial charge on any atom is -0.543 e. The average molecular weight is 863 g/mol.